The smallest absolute Gasteiger partial charge is 0.226 e. The number of methoxy groups -OCH3 is 1. The van der Waals surface area contributed by atoms with Crippen LogP contribution in [0.1, 0.15) is 18.7 Å². The molecule has 0 aliphatic carbocycles. The van der Waals surface area contributed by atoms with Gasteiger partial charge in [0, 0.05) is 24.1 Å². The standard InChI is InChI=1S/C19H18ClN3O3/c1-25-16-11-10-14(12-15(16)20)21-17(24)8-5-9-18-22-19(23-26-18)13-6-3-2-4-7-13/h2-4,6-7,10-12H,5,8-9H2,1H3,(H,21,24). The zero-order chi connectivity index (χ0) is 18.4. The molecule has 2 aromatic carbocycles. The Kier molecular flexibility index (Phi) is 5.86. The van der Waals surface area contributed by atoms with Crippen LogP contribution in [-0.4, -0.2) is 23.2 Å². The Labute approximate surface area is 156 Å². The number of nitrogens with one attached hydrogen (secondary N) is 1. The number of carbonyl (C=O) groups is 1. The molecule has 0 saturated carbocycles. The van der Waals surface area contributed by atoms with E-state index in [4.69, 9.17) is 20.9 Å². The molecule has 0 spiro atoms. The second-order valence-corrected chi connectivity index (χ2v) is 6.04. The number of amides is 1. The molecule has 0 radical (unpaired) electrons. The molecule has 0 bridgehead atoms. The summed E-state index contributed by atoms with van der Waals surface area (Å²) in [7, 11) is 1.54. The van der Waals surface area contributed by atoms with Gasteiger partial charge in [0.1, 0.15) is 5.75 Å². The van der Waals surface area contributed by atoms with Crippen LogP contribution < -0.4 is 10.1 Å². The lowest BCUT2D eigenvalue weighted by atomic mass is 10.2. The van der Waals surface area contributed by atoms with E-state index in [1.165, 1.54) is 0 Å². The van der Waals surface area contributed by atoms with Gasteiger partial charge in [0.2, 0.25) is 17.6 Å². The average molecular weight is 372 g/mol. The molecule has 1 heterocycles. The SMILES string of the molecule is COc1ccc(NC(=O)CCCc2nc(-c3ccccc3)no2)cc1Cl. The first-order chi connectivity index (χ1) is 12.7. The third-order valence-electron chi connectivity index (χ3n) is 3.73. The van der Waals surface area contributed by atoms with Crippen molar-refractivity contribution in [2.75, 3.05) is 12.4 Å². The minimum atomic E-state index is -0.103. The summed E-state index contributed by atoms with van der Waals surface area (Å²) in [6.07, 6.45) is 1.48. The Balaban J connectivity index is 1.48. The van der Waals surface area contributed by atoms with Crippen LogP contribution in [0.2, 0.25) is 5.02 Å². The number of anilines is 1. The maximum atomic E-state index is 12.0. The Morgan fingerprint density at radius 2 is 2.04 bits per heavy atom. The molecule has 7 heteroatoms. The topological polar surface area (TPSA) is 77.2 Å². The molecule has 0 saturated heterocycles. The number of aromatic nitrogens is 2. The highest BCUT2D eigenvalue weighted by molar-refractivity contribution is 6.32. The number of benzene rings is 2. The van der Waals surface area contributed by atoms with Crippen molar-refractivity contribution in [3.63, 3.8) is 0 Å². The molecule has 0 aliphatic rings. The zero-order valence-electron chi connectivity index (χ0n) is 14.2. The predicted octanol–water partition coefficient (Wildman–Crippen LogP) is 4.36. The van der Waals surface area contributed by atoms with E-state index in [0.717, 1.165) is 5.56 Å². The van der Waals surface area contributed by atoms with Crippen molar-refractivity contribution >= 4 is 23.2 Å². The van der Waals surface area contributed by atoms with Crippen LogP contribution >= 0.6 is 11.6 Å². The van der Waals surface area contributed by atoms with Gasteiger partial charge in [-0.15, -0.1) is 0 Å². The number of carbonyl (C=O) groups excluding carboxylic acids is 1. The molecule has 1 amide bonds. The second kappa shape index (κ2) is 8.49. The van der Waals surface area contributed by atoms with Gasteiger partial charge < -0.3 is 14.6 Å². The van der Waals surface area contributed by atoms with Crippen molar-refractivity contribution in [2.45, 2.75) is 19.3 Å². The largest absolute Gasteiger partial charge is 0.495 e. The maximum absolute atomic E-state index is 12.0. The fourth-order valence-corrected chi connectivity index (χ4v) is 2.69. The summed E-state index contributed by atoms with van der Waals surface area (Å²) in [6, 6.07) is 14.7. The number of nitrogens with zero attached hydrogens (tertiary/aromatic N) is 2. The lowest BCUT2D eigenvalue weighted by Gasteiger charge is -2.07. The Morgan fingerprint density at radius 1 is 1.23 bits per heavy atom. The first-order valence-electron chi connectivity index (χ1n) is 8.17. The molecule has 1 N–H and O–H groups in total. The van der Waals surface area contributed by atoms with Crippen LogP contribution in [0.15, 0.2) is 53.1 Å². The van der Waals surface area contributed by atoms with Gasteiger partial charge >= 0.3 is 0 Å². The number of halogens is 1. The summed E-state index contributed by atoms with van der Waals surface area (Å²) < 4.78 is 10.3. The van der Waals surface area contributed by atoms with E-state index >= 15 is 0 Å². The lowest BCUT2D eigenvalue weighted by Crippen LogP contribution is -2.11. The number of hydrogen-bond acceptors (Lipinski definition) is 5. The summed E-state index contributed by atoms with van der Waals surface area (Å²) in [5, 5.41) is 7.22. The van der Waals surface area contributed by atoms with Gasteiger partial charge in [-0.05, 0) is 24.6 Å². The van der Waals surface area contributed by atoms with Gasteiger partial charge in [-0.2, -0.15) is 4.98 Å². The van der Waals surface area contributed by atoms with Crippen molar-refractivity contribution < 1.29 is 14.1 Å². The van der Waals surface area contributed by atoms with Crippen molar-refractivity contribution in [1.29, 1.82) is 0 Å². The molecule has 0 atom stereocenters. The number of rotatable bonds is 7. The molecule has 0 unspecified atom stereocenters. The fraction of sp³-hybridized carbons (Fsp3) is 0.211. The highest BCUT2D eigenvalue weighted by Gasteiger charge is 2.10. The molecule has 0 aliphatic heterocycles. The van der Waals surface area contributed by atoms with Crippen LogP contribution in [0.3, 0.4) is 0 Å². The van der Waals surface area contributed by atoms with Gasteiger partial charge in [-0.1, -0.05) is 47.1 Å². The van der Waals surface area contributed by atoms with E-state index in [1.54, 1.807) is 25.3 Å². The molecule has 26 heavy (non-hydrogen) atoms. The van der Waals surface area contributed by atoms with Crippen molar-refractivity contribution in [3.8, 4) is 17.1 Å². The fourth-order valence-electron chi connectivity index (χ4n) is 2.43. The first kappa shape index (κ1) is 17.9. The highest BCUT2D eigenvalue weighted by atomic mass is 35.5. The summed E-state index contributed by atoms with van der Waals surface area (Å²) in [4.78, 5) is 16.4. The molecular formula is C19H18ClN3O3. The van der Waals surface area contributed by atoms with Crippen LogP contribution in [0.5, 0.6) is 5.75 Å². The average Bonchev–Trinajstić information content (AvgIpc) is 3.11. The van der Waals surface area contributed by atoms with Crippen LogP contribution in [-0.2, 0) is 11.2 Å². The van der Waals surface area contributed by atoms with E-state index in [0.29, 0.717) is 47.4 Å². The van der Waals surface area contributed by atoms with Gasteiger partial charge in [0.25, 0.3) is 0 Å². The third kappa shape index (κ3) is 4.61. The summed E-state index contributed by atoms with van der Waals surface area (Å²) in [5.41, 5.74) is 1.53. The summed E-state index contributed by atoms with van der Waals surface area (Å²) in [5.74, 6) is 1.53. The maximum Gasteiger partial charge on any atom is 0.226 e. The van der Waals surface area contributed by atoms with Crippen LogP contribution in [0.25, 0.3) is 11.4 Å². The van der Waals surface area contributed by atoms with Gasteiger partial charge in [0.15, 0.2) is 0 Å². The predicted molar refractivity (Wildman–Crippen MR) is 99.3 cm³/mol. The van der Waals surface area contributed by atoms with Crippen LogP contribution in [0, 0.1) is 0 Å². The minimum absolute atomic E-state index is 0.103. The Morgan fingerprint density at radius 3 is 2.77 bits per heavy atom. The quantitative estimate of drug-likeness (QED) is 0.667. The Hall–Kier alpha value is -2.86. The first-order valence-corrected chi connectivity index (χ1v) is 8.55. The molecular weight excluding hydrogens is 354 g/mol. The summed E-state index contributed by atoms with van der Waals surface area (Å²) >= 11 is 6.05. The minimum Gasteiger partial charge on any atom is -0.495 e. The van der Waals surface area contributed by atoms with E-state index in [1.807, 2.05) is 30.3 Å². The monoisotopic (exact) mass is 371 g/mol. The van der Waals surface area contributed by atoms with Crippen molar-refractivity contribution in [1.82, 2.24) is 10.1 Å². The van der Waals surface area contributed by atoms with Crippen molar-refractivity contribution in [2.24, 2.45) is 0 Å². The third-order valence-corrected chi connectivity index (χ3v) is 4.03. The van der Waals surface area contributed by atoms with Gasteiger partial charge in [-0.25, -0.2) is 0 Å². The Bertz CT molecular complexity index is 881. The highest BCUT2D eigenvalue weighted by Crippen LogP contribution is 2.27. The molecule has 3 rings (SSSR count). The molecule has 6 nitrogen and oxygen atoms in total. The van der Waals surface area contributed by atoms with E-state index in [-0.39, 0.29) is 5.91 Å². The normalized spacial score (nSPS) is 10.5. The van der Waals surface area contributed by atoms with E-state index < -0.39 is 0 Å². The lowest BCUT2D eigenvalue weighted by molar-refractivity contribution is -0.116. The second-order valence-electron chi connectivity index (χ2n) is 5.63. The molecule has 3 aromatic rings. The van der Waals surface area contributed by atoms with E-state index in [9.17, 15) is 4.79 Å². The molecule has 134 valence electrons. The van der Waals surface area contributed by atoms with Gasteiger partial charge in [-0.3, -0.25) is 4.79 Å². The summed E-state index contributed by atoms with van der Waals surface area (Å²) in [6.45, 7) is 0. The number of ether oxygens (including phenoxy) is 1. The van der Waals surface area contributed by atoms with Crippen LogP contribution in [0.4, 0.5) is 5.69 Å². The number of hydrogen-bond donors (Lipinski definition) is 1. The zero-order valence-corrected chi connectivity index (χ0v) is 15.0. The number of aryl methyl sites for hydroxylation is 1. The van der Waals surface area contributed by atoms with E-state index in [2.05, 4.69) is 15.5 Å². The van der Waals surface area contributed by atoms with Crippen molar-refractivity contribution in [3.05, 3.63) is 59.4 Å². The molecule has 0 fully saturated rings. The van der Waals surface area contributed by atoms with Gasteiger partial charge in [0.05, 0.1) is 12.1 Å². The molecule has 1 aromatic heterocycles.